The first-order valence-electron chi connectivity index (χ1n) is 10.7. The Morgan fingerprint density at radius 2 is 1.82 bits per heavy atom. The van der Waals surface area contributed by atoms with Crippen LogP contribution in [0.3, 0.4) is 0 Å². The highest BCUT2D eigenvalue weighted by molar-refractivity contribution is 7.99. The van der Waals surface area contributed by atoms with E-state index in [-0.39, 0.29) is 35.7 Å². The van der Waals surface area contributed by atoms with Crippen LogP contribution >= 0.6 is 11.8 Å². The number of halogens is 3. The number of carbonyl (C=O) groups is 1. The summed E-state index contributed by atoms with van der Waals surface area (Å²) in [6, 6.07) is 13.8. The predicted octanol–water partition coefficient (Wildman–Crippen LogP) is 4.96. The van der Waals surface area contributed by atoms with Gasteiger partial charge in [0.15, 0.2) is 16.7 Å². The van der Waals surface area contributed by atoms with E-state index in [1.165, 1.54) is 5.56 Å². The second-order valence-corrected chi connectivity index (χ2v) is 8.98. The minimum atomic E-state index is -4.62. The molecule has 3 aromatic rings. The molecule has 0 saturated heterocycles. The fraction of sp³-hybridized carbons (Fsp3) is 0.292. The zero-order valence-corrected chi connectivity index (χ0v) is 18.8. The molecule has 3 heterocycles. The molecule has 6 nitrogen and oxygen atoms in total. The number of ether oxygens (including phenoxy) is 2. The number of rotatable bonds is 5. The molecule has 34 heavy (non-hydrogen) atoms. The van der Waals surface area contributed by atoms with E-state index < -0.39 is 11.9 Å². The van der Waals surface area contributed by atoms with Crippen molar-refractivity contribution in [2.24, 2.45) is 0 Å². The SMILES string of the molecule is O=C(CCSc1nc(-c2ccc3c(c2)OCO3)cc(C(F)(F)F)n1)N1CCc2ccccc2C1. The molecule has 0 spiro atoms. The number of alkyl halides is 3. The van der Waals surface area contributed by atoms with E-state index in [2.05, 4.69) is 16.0 Å². The van der Waals surface area contributed by atoms with Crippen molar-refractivity contribution >= 4 is 17.7 Å². The zero-order chi connectivity index (χ0) is 23.7. The summed E-state index contributed by atoms with van der Waals surface area (Å²) in [5, 5.41) is -0.0284. The number of fused-ring (bicyclic) bond motifs is 2. The first-order valence-corrected chi connectivity index (χ1v) is 11.7. The highest BCUT2D eigenvalue weighted by atomic mass is 32.2. The fourth-order valence-corrected chi connectivity index (χ4v) is 4.72. The molecule has 10 heteroatoms. The Kier molecular flexibility index (Phi) is 6.07. The van der Waals surface area contributed by atoms with E-state index in [0.717, 1.165) is 29.8 Å². The first-order chi connectivity index (χ1) is 16.4. The normalized spacial score (nSPS) is 14.7. The van der Waals surface area contributed by atoms with Crippen molar-refractivity contribution in [2.45, 2.75) is 30.7 Å². The summed E-state index contributed by atoms with van der Waals surface area (Å²) in [5.74, 6) is 1.22. The van der Waals surface area contributed by atoms with Crippen LogP contribution < -0.4 is 9.47 Å². The van der Waals surface area contributed by atoms with Gasteiger partial charge in [0.05, 0.1) is 5.69 Å². The van der Waals surface area contributed by atoms with Crippen molar-refractivity contribution in [1.29, 1.82) is 0 Å². The number of hydrogen-bond acceptors (Lipinski definition) is 6. The lowest BCUT2D eigenvalue weighted by Gasteiger charge is -2.28. The van der Waals surface area contributed by atoms with Gasteiger partial charge in [0.25, 0.3) is 0 Å². The quantitative estimate of drug-likeness (QED) is 0.375. The summed E-state index contributed by atoms with van der Waals surface area (Å²) in [6.45, 7) is 1.25. The molecule has 0 N–H and O–H groups in total. The van der Waals surface area contributed by atoms with Crippen molar-refractivity contribution in [3.63, 3.8) is 0 Å². The monoisotopic (exact) mass is 487 g/mol. The predicted molar refractivity (Wildman–Crippen MR) is 119 cm³/mol. The van der Waals surface area contributed by atoms with Gasteiger partial charge in [-0.2, -0.15) is 13.2 Å². The Balaban J connectivity index is 1.29. The average molecular weight is 488 g/mol. The van der Waals surface area contributed by atoms with Crippen LogP contribution in [-0.4, -0.2) is 39.9 Å². The molecule has 0 radical (unpaired) electrons. The van der Waals surface area contributed by atoms with Crippen LogP contribution in [0.1, 0.15) is 23.2 Å². The Bertz CT molecular complexity index is 1240. The molecule has 1 aromatic heterocycles. The molecular formula is C24H20F3N3O3S. The van der Waals surface area contributed by atoms with E-state index in [1.807, 2.05) is 18.2 Å². The number of nitrogens with zero attached hydrogens (tertiary/aromatic N) is 3. The molecule has 176 valence electrons. The maximum atomic E-state index is 13.5. The minimum absolute atomic E-state index is 0.0284. The molecule has 0 aliphatic carbocycles. The van der Waals surface area contributed by atoms with Gasteiger partial charge in [0, 0.05) is 30.8 Å². The van der Waals surface area contributed by atoms with Gasteiger partial charge >= 0.3 is 6.18 Å². The minimum Gasteiger partial charge on any atom is -0.454 e. The third kappa shape index (κ3) is 4.82. The number of thioether (sulfide) groups is 1. The summed E-state index contributed by atoms with van der Waals surface area (Å²) < 4.78 is 51.1. The Morgan fingerprint density at radius 1 is 1.03 bits per heavy atom. The van der Waals surface area contributed by atoms with Gasteiger partial charge in [0.2, 0.25) is 12.7 Å². The molecule has 1 amide bonds. The van der Waals surface area contributed by atoms with Crippen LogP contribution in [0.2, 0.25) is 0 Å². The van der Waals surface area contributed by atoms with Gasteiger partial charge in [-0.05, 0) is 41.8 Å². The maximum absolute atomic E-state index is 13.5. The topological polar surface area (TPSA) is 64.5 Å². The van der Waals surface area contributed by atoms with Crippen molar-refractivity contribution in [1.82, 2.24) is 14.9 Å². The summed E-state index contributed by atoms with van der Waals surface area (Å²) in [6.07, 6.45) is -3.64. The van der Waals surface area contributed by atoms with E-state index >= 15 is 0 Å². The van der Waals surface area contributed by atoms with Crippen LogP contribution in [0.4, 0.5) is 13.2 Å². The lowest BCUT2D eigenvalue weighted by Crippen LogP contribution is -2.36. The lowest BCUT2D eigenvalue weighted by molar-refractivity contribution is -0.141. The van der Waals surface area contributed by atoms with Crippen LogP contribution in [0.15, 0.2) is 53.7 Å². The smallest absolute Gasteiger partial charge is 0.433 e. The van der Waals surface area contributed by atoms with Gasteiger partial charge in [-0.15, -0.1) is 0 Å². The Hall–Kier alpha value is -3.27. The number of aromatic nitrogens is 2. The highest BCUT2D eigenvalue weighted by Crippen LogP contribution is 2.37. The Morgan fingerprint density at radius 3 is 2.65 bits per heavy atom. The highest BCUT2D eigenvalue weighted by Gasteiger charge is 2.34. The number of hydrogen-bond donors (Lipinski definition) is 0. The second-order valence-electron chi connectivity index (χ2n) is 7.92. The van der Waals surface area contributed by atoms with Gasteiger partial charge in [-0.1, -0.05) is 36.0 Å². The summed E-state index contributed by atoms with van der Waals surface area (Å²) in [4.78, 5) is 22.5. The van der Waals surface area contributed by atoms with Crippen molar-refractivity contribution < 1.29 is 27.4 Å². The molecule has 0 fully saturated rings. The van der Waals surface area contributed by atoms with Crippen molar-refractivity contribution in [2.75, 3.05) is 19.1 Å². The molecule has 2 aliphatic rings. The third-order valence-electron chi connectivity index (χ3n) is 5.69. The summed E-state index contributed by atoms with van der Waals surface area (Å²) >= 11 is 1.04. The largest absolute Gasteiger partial charge is 0.454 e. The third-order valence-corrected chi connectivity index (χ3v) is 6.54. The van der Waals surface area contributed by atoms with Crippen molar-refractivity contribution in [3.05, 3.63) is 65.4 Å². The lowest BCUT2D eigenvalue weighted by atomic mass is 10.00. The van der Waals surface area contributed by atoms with Gasteiger partial charge in [0.1, 0.15) is 5.69 Å². The standard InChI is InChI=1S/C24H20F3N3O3S/c25-24(26,27)21-12-18(16-5-6-19-20(11-16)33-14-32-19)28-23(29-21)34-10-8-22(31)30-9-7-15-3-1-2-4-17(15)13-30/h1-6,11-12H,7-10,13-14H2. The molecule has 0 atom stereocenters. The molecule has 2 aromatic carbocycles. The van der Waals surface area contributed by atoms with Gasteiger partial charge in [-0.3, -0.25) is 4.79 Å². The molecule has 0 bridgehead atoms. The zero-order valence-electron chi connectivity index (χ0n) is 18.0. The summed E-state index contributed by atoms with van der Waals surface area (Å²) in [5.41, 5.74) is 1.93. The van der Waals surface area contributed by atoms with Crippen LogP contribution in [0, 0.1) is 0 Å². The second kappa shape index (κ2) is 9.17. The number of amides is 1. The average Bonchev–Trinajstić information content (AvgIpc) is 3.31. The van der Waals surface area contributed by atoms with Gasteiger partial charge < -0.3 is 14.4 Å². The molecule has 2 aliphatic heterocycles. The van der Waals surface area contributed by atoms with Gasteiger partial charge in [-0.25, -0.2) is 9.97 Å². The van der Waals surface area contributed by atoms with Crippen LogP contribution in [-0.2, 0) is 23.9 Å². The first kappa shape index (κ1) is 22.5. The van der Waals surface area contributed by atoms with E-state index in [0.29, 0.717) is 30.2 Å². The molecule has 5 rings (SSSR count). The summed E-state index contributed by atoms with van der Waals surface area (Å²) in [7, 11) is 0. The molecular weight excluding hydrogens is 467 g/mol. The van der Waals surface area contributed by atoms with Crippen LogP contribution in [0.25, 0.3) is 11.3 Å². The molecule has 0 unspecified atom stereocenters. The number of benzene rings is 2. The maximum Gasteiger partial charge on any atom is 0.433 e. The van der Waals surface area contributed by atoms with E-state index in [9.17, 15) is 18.0 Å². The van der Waals surface area contributed by atoms with Crippen molar-refractivity contribution in [3.8, 4) is 22.8 Å². The molecule has 0 saturated carbocycles. The fourth-order valence-electron chi connectivity index (χ4n) is 3.93. The van der Waals surface area contributed by atoms with E-state index in [1.54, 1.807) is 23.1 Å². The van der Waals surface area contributed by atoms with E-state index in [4.69, 9.17) is 9.47 Å². The number of carbonyl (C=O) groups excluding carboxylic acids is 1. The van der Waals surface area contributed by atoms with Crippen LogP contribution in [0.5, 0.6) is 11.5 Å². The Labute approximate surface area is 198 Å².